The molecule has 0 fully saturated rings. The Labute approximate surface area is 169 Å². The van der Waals surface area contributed by atoms with Gasteiger partial charge in [0, 0.05) is 23.3 Å². The first kappa shape index (κ1) is 18.7. The van der Waals surface area contributed by atoms with E-state index in [2.05, 4.69) is 16.9 Å². The van der Waals surface area contributed by atoms with E-state index in [1.807, 2.05) is 42.5 Å². The Morgan fingerprint density at radius 1 is 0.897 bits per heavy atom. The average Bonchev–Trinajstić information content (AvgIpc) is 2.78. The first-order valence-corrected chi connectivity index (χ1v) is 9.68. The van der Waals surface area contributed by atoms with Crippen LogP contribution in [0.3, 0.4) is 0 Å². The average molecular weight is 383 g/mol. The maximum atomic E-state index is 12.5. The summed E-state index contributed by atoms with van der Waals surface area (Å²) in [6, 6.07) is 17.3. The van der Waals surface area contributed by atoms with Gasteiger partial charge in [0.15, 0.2) is 0 Å². The molecule has 1 aromatic carbocycles. The first-order valence-electron chi connectivity index (χ1n) is 9.68. The van der Waals surface area contributed by atoms with Crippen molar-refractivity contribution in [1.82, 2.24) is 15.0 Å². The molecule has 144 valence electrons. The molecule has 0 saturated carbocycles. The lowest BCUT2D eigenvalue weighted by atomic mass is 10.0. The molecule has 5 heteroatoms. The topological polar surface area (TPSA) is 65.0 Å². The maximum absolute atomic E-state index is 12.5. The standard InChI is InChI=1S/C24H21N3O2/c1-3-16-10-12-25-21(13-16)22-15-18(24(28)29-4-2)14-20(27-22)19-9-5-7-17-8-6-11-26-23(17)19/h5-15H,3-4H2,1-2H3. The van der Waals surface area contributed by atoms with Crippen molar-refractivity contribution in [2.45, 2.75) is 20.3 Å². The number of benzene rings is 1. The summed E-state index contributed by atoms with van der Waals surface area (Å²) in [6.45, 7) is 4.20. The first-order chi connectivity index (χ1) is 14.2. The SMILES string of the molecule is CCOC(=O)c1cc(-c2cc(CC)ccn2)nc(-c2cccc3cccnc23)c1. The van der Waals surface area contributed by atoms with Gasteiger partial charge in [-0.2, -0.15) is 0 Å². The lowest BCUT2D eigenvalue weighted by Gasteiger charge is -2.11. The van der Waals surface area contributed by atoms with E-state index < -0.39 is 0 Å². The Kier molecular flexibility index (Phi) is 5.29. The molecule has 0 aliphatic rings. The Morgan fingerprint density at radius 3 is 2.55 bits per heavy atom. The van der Waals surface area contributed by atoms with Gasteiger partial charge in [-0.25, -0.2) is 9.78 Å². The smallest absolute Gasteiger partial charge is 0.338 e. The van der Waals surface area contributed by atoms with Crippen LogP contribution in [0.2, 0.25) is 0 Å². The summed E-state index contributed by atoms with van der Waals surface area (Å²) < 4.78 is 5.24. The summed E-state index contributed by atoms with van der Waals surface area (Å²) in [4.78, 5) is 26.3. The lowest BCUT2D eigenvalue weighted by molar-refractivity contribution is 0.0526. The van der Waals surface area contributed by atoms with Gasteiger partial charge < -0.3 is 4.74 Å². The minimum atomic E-state index is -0.378. The van der Waals surface area contributed by atoms with Crippen molar-refractivity contribution in [2.75, 3.05) is 6.61 Å². The second kappa shape index (κ2) is 8.19. The number of esters is 1. The third kappa shape index (κ3) is 3.85. The molecule has 4 aromatic rings. The van der Waals surface area contributed by atoms with Crippen LogP contribution in [0.4, 0.5) is 0 Å². The van der Waals surface area contributed by atoms with Gasteiger partial charge in [0.25, 0.3) is 0 Å². The Morgan fingerprint density at radius 2 is 1.72 bits per heavy atom. The van der Waals surface area contributed by atoms with Gasteiger partial charge in [0.2, 0.25) is 0 Å². The third-order valence-electron chi connectivity index (χ3n) is 4.74. The van der Waals surface area contributed by atoms with E-state index in [0.29, 0.717) is 23.6 Å². The van der Waals surface area contributed by atoms with Crippen LogP contribution in [0.1, 0.15) is 29.8 Å². The molecule has 4 rings (SSSR count). The Bertz CT molecular complexity index is 1180. The Balaban J connectivity index is 1.93. The normalized spacial score (nSPS) is 10.8. The molecule has 5 nitrogen and oxygen atoms in total. The lowest BCUT2D eigenvalue weighted by Crippen LogP contribution is -2.06. The molecular formula is C24H21N3O2. The molecule has 0 atom stereocenters. The zero-order valence-electron chi connectivity index (χ0n) is 16.4. The van der Waals surface area contributed by atoms with Crippen molar-refractivity contribution in [1.29, 1.82) is 0 Å². The fraction of sp³-hybridized carbons (Fsp3) is 0.167. The molecule has 0 amide bonds. The minimum Gasteiger partial charge on any atom is -0.462 e. The van der Waals surface area contributed by atoms with Gasteiger partial charge in [-0.3, -0.25) is 9.97 Å². The molecule has 0 aliphatic carbocycles. The summed E-state index contributed by atoms with van der Waals surface area (Å²) in [5.74, 6) is -0.378. The van der Waals surface area contributed by atoms with Gasteiger partial charge in [-0.05, 0) is 49.2 Å². The van der Waals surface area contributed by atoms with E-state index in [1.165, 1.54) is 0 Å². The number of pyridine rings is 3. The van der Waals surface area contributed by atoms with Crippen molar-refractivity contribution >= 4 is 16.9 Å². The number of fused-ring (bicyclic) bond motifs is 1. The van der Waals surface area contributed by atoms with Crippen LogP contribution in [0.25, 0.3) is 33.5 Å². The van der Waals surface area contributed by atoms with E-state index in [9.17, 15) is 4.79 Å². The highest BCUT2D eigenvalue weighted by molar-refractivity contribution is 5.96. The number of rotatable bonds is 5. The van der Waals surface area contributed by atoms with Crippen LogP contribution in [0, 0.1) is 0 Å². The zero-order chi connectivity index (χ0) is 20.2. The number of ether oxygens (including phenoxy) is 1. The van der Waals surface area contributed by atoms with Crippen LogP contribution in [0.5, 0.6) is 0 Å². The molecule has 3 heterocycles. The Hall–Kier alpha value is -3.60. The number of aromatic nitrogens is 3. The maximum Gasteiger partial charge on any atom is 0.338 e. The number of hydrogen-bond donors (Lipinski definition) is 0. The molecule has 0 aliphatic heterocycles. The quantitative estimate of drug-likeness (QED) is 0.449. The van der Waals surface area contributed by atoms with Gasteiger partial charge in [0.1, 0.15) is 0 Å². The van der Waals surface area contributed by atoms with Crippen LogP contribution in [0.15, 0.2) is 67.0 Å². The second-order valence-electron chi connectivity index (χ2n) is 6.63. The predicted octanol–water partition coefficient (Wildman–Crippen LogP) is 5.10. The van der Waals surface area contributed by atoms with Crippen molar-refractivity contribution in [3.63, 3.8) is 0 Å². The largest absolute Gasteiger partial charge is 0.462 e. The molecule has 0 radical (unpaired) electrons. The zero-order valence-corrected chi connectivity index (χ0v) is 16.4. The van der Waals surface area contributed by atoms with Crippen LogP contribution < -0.4 is 0 Å². The number of carbonyl (C=O) groups is 1. The molecule has 0 saturated heterocycles. The van der Waals surface area contributed by atoms with E-state index in [4.69, 9.17) is 9.72 Å². The molecule has 0 N–H and O–H groups in total. The summed E-state index contributed by atoms with van der Waals surface area (Å²) >= 11 is 0. The van der Waals surface area contributed by atoms with Crippen molar-refractivity contribution in [3.8, 4) is 22.6 Å². The second-order valence-corrected chi connectivity index (χ2v) is 6.63. The highest BCUT2D eigenvalue weighted by Gasteiger charge is 2.15. The summed E-state index contributed by atoms with van der Waals surface area (Å²) in [5.41, 5.74) is 5.33. The van der Waals surface area contributed by atoms with Gasteiger partial charge in [-0.1, -0.05) is 31.2 Å². The minimum absolute atomic E-state index is 0.311. The molecule has 3 aromatic heterocycles. The van der Waals surface area contributed by atoms with Gasteiger partial charge >= 0.3 is 5.97 Å². The molecule has 0 unspecified atom stereocenters. The fourth-order valence-corrected chi connectivity index (χ4v) is 3.28. The van der Waals surface area contributed by atoms with Crippen LogP contribution in [-0.2, 0) is 11.2 Å². The van der Waals surface area contributed by atoms with Crippen LogP contribution >= 0.6 is 0 Å². The van der Waals surface area contributed by atoms with Crippen molar-refractivity contribution in [2.24, 2.45) is 0 Å². The predicted molar refractivity (Wildman–Crippen MR) is 114 cm³/mol. The van der Waals surface area contributed by atoms with E-state index in [1.54, 1.807) is 31.5 Å². The van der Waals surface area contributed by atoms with Crippen LogP contribution in [-0.4, -0.2) is 27.5 Å². The van der Waals surface area contributed by atoms with E-state index >= 15 is 0 Å². The monoisotopic (exact) mass is 383 g/mol. The highest BCUT2D eigenvalue weighted by atomic mass is 16.5. The number of nitrogens with zero attached hydrogens (tertiary/aromatic N) is 3. The molecule has 0 bridgehead atoms. The summed E-state index contributed by atoms with van der Waals surface area (Å²) in [7, 11) is 0. The van der Waals surface area contributed by atoms with Gasteiger partial charge in [-0.15, -0.1) is 0 Å². The third-order valence-corrected chi connectivity index (χ3v) is 4.74. The van der Waals surface area contributed by atoms with Crippen molar-refractivity contribution < 1.29 is 9.53 Å². The van der Waals surface area contributed by atoms with E-state index in [-0.39, 0.29) is 5.97 Å². The van der Waals surface area contributed by atoms with Gasteiger partial charge in [0.05, 0.1) is 34.8 Å². The van der Waals surface area contributed by atoms with Crippen molar-refractivity contribution in [3.05, 3.63) is 78.1 Å². The number of aryl methyl sites for hydroxylation is 1. The van der Waals surface area contributed by atoms with E-state index in [0.717, 1.165) is 34.1 Å². The molecular weight excluding hydrogens is 362 g/mol. The molecule has 0 spiro atoms. The molecule has 29 heavy (non-hydrogen) atoms. The number of hydrogen-bond acceptors (Lipinski definition) is 5. The number of carbonyl (C=O) groups excluding carboxylic acids is 1. The fourth-order valence-electron chi connectivity index (χ4n) is 3.28. The highest BCUT2D eigenvalue weighted by Crippen LogP contribution is 2.29. The number of para-hydroxylation sites is 1. The summed E-state index contributed by atoms with van der Waals surface area (Å²) in [5, 5.41) is 1.01. The summed E-state index contributed by atoms with van der Waals surface area (Å²) in [6.07, 6.45) is 4.42.